The third-order valence-corrected chi connectivity index (χ3v) is 5.74. The van der Waals surface area contributed by atoms with E-state index in [4.69, 9.17) is 19.9 Å². The molecule has 2 heterocycles. The Labute approximate surface area is 157 Å². The number of nitrogens with one attached hydrogen (secondary N) is 1. The molecule has 2 aliphatic heterocycles. The second-order valence-electron chi connectivity index (χ2n) is 7.34. The quantitative estimate of drug-likeness (QED) is 0.868. The van der Waals surface area contributed by atoms with E-state index in [1.165, 1.54) is 22.3 Å². The van der Waals surface area contributed by atoms with Crippen molar-refractivity contribution in [2.45, 2.75) is 30.2 Å². The van der Waals surface area contributed by atoms with Gasteiger partial charge in [-0.25, -0.2) is 4.79 Å². The largest absolute Gasteiger partial charge is 0.449 e. The second kappa shape index (κ2) is 6.64. The lowest BCUT2D eigenvalue weighted by atomic mass is 9.98. The van der Waals surface area contributed by atoms with Gasteiger partial charge in [0.05, 0.1) is 25.3 Å². The van der Waals surface area contributed by atoms with Crippen molar-refractivity contribution in [3.05, 3.63) is 59.7 Å². The number of carbonyl (C=O) groups is 1. The third kappa shape index (κ3) is 2.81. The minimum atomic E-state index is -0.449. The number of amides is 1. The van der Waals surface area contributed by atoms with Gasteiger partial charge in [0.25, 0.3) is 0 Å². The maximum atomic E-state index is 12.4. The van der Waals surface area contributed by atoms with Crippen molar-refractivity contribution in [3.8, 4) is 11.1 Å². The monoisotopic (exact) mass is 366 g/mol. The highest BCUT2D eigenvalue weighted by atomic mass is 16.6. The van der Waals surface area contributed by atoms with Crippen LogP contribution >= 0.6 is 0 Å². The van der Waals surface area contributed by atoms with Gasteiger partial charge in [0.1, 0.15) is 18.8 Å². The first-order valence-electron chi connectivity index (χ1n) is 9.32. The second-order valence-corrected chi connectivity index (χ2v) is 7.34. The van der Waals surface area contributed by atoms with Crippen LogP contribution in [0.3, 0.4) is 0 Å². The van der Waals surface area contributed by atoms with Crippen LogP contribution in [-0.4, -0.2) is 50.2 Å². The Hall–Kier alpha value is -2.41. The Morgan fingerprint density at radius 3 is 2.33 bits per heavy atom. The SMILES string of the molecule is N[C@H]1CO[C@H]2[C@@H]1OC[C@@H]2NC(=O)OCC1c2ccccc2-c2ccccc21. The third-order valence-electron chi connectivity index (χ3n) is 5.74. The molecule has 4 atom stereocenters. The zero-order valence-electron chi connectivity index (χ0n) is 14.8. The van der Waals surface area contributed by atoms with Crippen molar-refractivity contribution in [2.75, 3.05) is 19.8 Å². The Bertz CT molecular complexity index is 825. The minimum absolute atomic E-state index is 0.0480. The molecule has 3 aliphatic rings. The van der Waals surface area contributed by atoms with Crippen LogP contribution in [-0.2, 0) is 14.2 Å². The molecule has 0 unspecified atom stereocenters. The first-order chi connectivity index (χ1) is 13.2. The van der Waals surface area contributed by atoms with Gasteiger partial charge in [-0.3, -0.25) is 0 Å². The molecule has 2 saturated heterocycles. The van der Waals surface area contributed by atoms with E-state index >= 15 is 0 Å². The molecular weight excluding hydrogens is 344 g/mol. The summed E-state index contributed by atoms with van der Waals surface area (Å²) in [6.07, 6.45) is -0.792. The van der Waals surface area contributed by atoms with Gasteiger partial charge in [0, 0.05) is 5.92 Å². The van der Waals surface area contributed by atoms with Crippen LogP contribution in [0.15, 0.2) is 48.5 Å². The molecule has 5 rings (SSSR count). The fourth-order valence-electron chi connectivity index (χ4n) is 4.44. The summed E-state index contributed by atoms with van der Waals surface area (Å²) in [6.45, 7) is 1.15. The molecule has 0 aromatic heterocycles. The smallest absolute Gasteiger partial charge is 0.407 e. The lowest BCUT2D eigenvalue weighted by Gasteiger charge is -2.19. The average molecular weight is 366 g/mol. The lowest BCUT2D eigenvalue weighted by molar-refractivity contribution is 0.0658. The average Bonchev–Trinajstić information content (AvgIpc) is 3.35. The Morgan fingerprint density at radius 2 is 1.63 bits per heavy atom. The van der Waals surface area contributed by atoms with Gasteiger partial charge in [-0.05, 0) is 22.3 Å². The number of hydrogen-bond donors (Lipinski definition) is 2. The molecular formula is C21H22N2O4. The van der Waals surface area contributed by atoms with E-state index in [2.05, 4.69) is 29.6 Å². The highest BCUT2D eigenvalue weighted by Gasteiger charge is 2.47. The molecule has 140 valence electrons. The van der Waals surface area contributed by atoms with Crippen LogP contribution in [0.4, 0.5) is 4.79 Å². The Kier molecular flexibility index (Phi) is 4.11. The first-order valence-corrected chi connectivity index (χ1v) is 9.32. The van der Waals surface area contributed by atoms with Crippen molar-refractivity contribution in [2.24, 2.45) is 5.73 Å². The van der Waals surface area contributed by atoms with E-state index in [9.17, 15) is 4.79 Å². The van der Waals surface area contributed by atoms with Gasteiger partial charge < -0.3 is 25.3 Å². The molecule has 6 heteroatoms. The molecule has 0 spiro atoms. The molecule has 3 N–H and O–H groups in total. The summed E-state index contributed by atoms with van der Waals surface area (Å²) in [5.74, 6) is 0.0480. The first kappa shape index (κ1) is 16.7. The summed E-state index contributed by atoms with van der Waals surface area (Å²) in [6, 6.07) is 16.2. The number of ether oxygens (including phenoxy) is 3. The summed E-state index contributed by atoms with van der Waals surface area (Å²) in [5.41, 5.74) is 10.8. The summed E-state index contributed by atoms with van der Waals surface area (Å²) in [4.78, 5) is 12.4. The molecule has 0 saturated carbocycles. The zero-order valence-corrected chi connectivity index (χ0v) is 14.8. The van der Waals surface area contributed by atoms with E-state index in [0.29, 0.717) is 19.8 Å². The Balaban J connectivity index is 1.26. The van der Waals surface area contributed by atoms with E-state index in [1.807, 2.05) is 24.3 Å². The molecule has 2 fully saturated rings. The minimum Gasteiger partial charge on any atom is -0.449 e. The zero-order chi connectivity index (χ0) is 18.4. The topological polar surface area (TPSA) is 82.8 Å². The number of benzene rings is 2. The van der Waals surface area contributed by atoms with Crippen molar-refractivity contribution >= 4 is 6.09 Å². The molecule has 2 aromatic carbocycles. The van der Waals surface area contributed by atoms with E-state index in [1.54, 1.807) is 0 Å². The number of hydrogen-bond acceptors (Lipinski definition) is 5. The molecule has 1 aliphatic carbocycles. The van der Waals surface area contributed by atoms with Gasteiger partial charge in [0.2, 0.25) is 0 Å². The number of nitrogens with two attached hydrogens (primary N) is 1. The Morgan fingerprint density at radius 1 is 1.00 bits per heavy atom. The van der Waals surface area contributed by atoms with Crippen molar-refractivity contribution in [3.63, 3.8) is 0 Å². The highest BCUT2D eigenvalue weighted by molar-refractivity contribution is 5.79. The maximum absolute atomic E-state index is 12.4. The summed E-state index contributed by atoms with van der Waals surface area (Å²) in [5, 5.41) is 2.88. The summed E-state index contributed by atoms with van der Waals surface area (Å²) in [7, 11) is 0. The van der Waals surface area contributed by atoms with E-state index in [0.717, 1.165) is 0 Å². The normalized spacial score (nSPS) is 28.5. The fraction of sp³-hybridized carbons (Fsp3) is 0.381. The van der Waals surface area contributed by atoms with Gasteiger partial charge in [-0.15, -0.1) is 0 Å². The number of carbonyl (C=O) groups excluding carboxylic acids is 1. The molecule has 0 radical (unpaired) electrons. The van der Waals surface area contributed by atoms with Gasteiger partial charge in [0.15, 0.2) is 0 Å². The van der Waals surface area contributed by atoms with Crippen LogP contribution in [0.5, 0.6) is 0 Å². The molecule has 1 amide bonds. The van der Waals surface area contributed by atoms with Crippen LogP contribution in [0, 0.1) is 0 Å². The van der Waals surface area contributed by atoms with Crippen molar-refractivity contribution in [1.82, 2.24) is 5.32 Å². The highest BCUT2D eigenvalue weighted by Crippen LogP contribution is 2.44. The molecule has 27 heavy (non-hydrogen) atoms. The van der Waals surface area contributed by atoms with E-state index in [-0.39, 0.29) is 30.2 Å². The van der Waals surface area contributed by atoms with Crippen molar-refractivity contribution in [1.29, 1.82) is 0 Å². The standard InChI is InChI=1S/C21H22N2O4/c22-17-10-25-20-18(11-26-19(17)20)23-21(24)27-9-16-14-7-3-1-5-12(14)13-6-2-4-8-15(13)16/h1-8,16-20H,9-11,22H2,(H,23,24)/t17-,18-,19+,20+/m0/s1. The predicted octanol–water partition coefficient (Wildman–Crippen LogP) is 2.02. The van der Waals surface area contributed by atoms with Gasteiger partial charge in [-0.2, -0.15) is 0 Å². The molecule has 6 nitrogen and oxygen atoms in total. The lowest BCUT2D eigenvalue weighted by Crippen LogP contribution is -2.45. The maximum Gasteiger partial charge on any atom is 0.407 e. The predicted molar refractivity (Wildman–Crippen MR) is 99.4 cm³/mol. The van der Waals surface area contributed by atoms with Crippen LogP contribution in [0.1, 0.15) is 17.0 Å². The number of alkyl carbamates (subject to hydrolysis) is 1. The van der Waals surface area contributed by atoms with E-state index < -0.39 is 6.09 Å². The number of fused-ring (bicyclic) bond motifs is 4. The molecule has 2 aromatic rings. The van der Waals surface area contributed by atoms with Crippen LogP contribution < -0.4 is 11.1 Å². The van der Waals surface area contributed by atoms with Gasteiger partial charge in [-0.1, -0.05) is 48.5 Å². The fourth-order valence-corrected chi connectivity index (χ4v) is 4.44. The van der Waals surface area contributed by atoms with Crippen LogP contribution in [0.2, 0.25) is 0 Å². The van der Waals surface area contributed by atoms with Crippen molar-refractivity contribution < 1.29 is 19.0 Å². The summed E-state index contributed by atoms with van der Waals surface area (Å²) < 4.78 is 16.9. The summed E-state index contributed by atoms with van der Waals surface area (Å²) >= 11 is 0. The van der Waals surface area contributed by atoms with Gasteiger partial charge >= 0.3 is 6.09 Å². The number of rotatable bonds is 3. The van der Waals surface area contributed by atoms with Crippen LogP contribution in [0.25, 0.3) is 11.1 Å². The molecule has 0 bridgehead atoms.